The standard InChI is InChI=1S/C22H25N5O5/c1-14(15-5-7-17(8-6-15)27-13-24-12-25-27)26(2)22(29)16-9-18(30-3)21(19(10-16)31-4)32-11-20(23)28/h5-10,12-14H,11H2,1-4H3,(H2,23,28)/t14-/m0/s1. The van der Waals surface area contributed by atoms with E-state index in [2.05, 4.69) is 10.1 Å². The lowest BCUT2D eigenvalue weighted by Gasteiger charge is -2.26. The van der Waals surface area contributed by atoms with E-state index in [1.807, 2.05) is 31.2 Å². The molecule has 0 spiro atoms. The Morgan fingerprint density at radius 1 is 1.12 bits per heavy atom. The highest BCUT2D eigenvalue weighted by molar-refractivity contribution is 5.95. The third-order valence-electron chi connectivity index (χ3n) is 5.03. The zero-order valence-corrected chi connectivity index (χ0v) is 18.3. The monoisotopic (exact) mass is 439 g/mol. The van der Waals surface area contributed by atoms with Crippen molar-refractivity contribution in [3.63, 3.8) is 0 Å². The van der Waals surface area contributed by atoms with Crippen LogP contribution in [0.4, 0.5) is 0 Å². The van der Waals surface area contributed by atoms with Crippen molar-refractivity contribution >= 4 is 11.8 Å². The molecule has 2 N–H and O–H groups in total. The van der Waals surface area contributed by atoms with E-state index < -0.39 is 5.91 Å². The van der Waals surface area contributed by atoms with Gasteiger partial charge in [0.1, 0.15) is 12.7 Å². The van der Waals surface area contributed by atoms with Gasteiger partial charge in [0, 0.05) is 12.6 Å². The van der Waals surface area contributed by atoms with Gasteiger partial charge in [-0.25, -0.2) is 9.67 Å². The molecule has 0 fully saturated rings. The van der Waals surface area contributed by atoms with Crippen molar-refractivity contribution in [3.05, 3.63) is 60.2 Å². The smallest absolute Gasteiger partial charge is 0.255 e. The van der Waals surface area contributed by atoms with E-state index in [1.165, 1.54) is 32.7 Å². The van der Waals surface area contributed by atoms with Crippen LogP contribution >= 0.6 is 0 Å². The Morgan fingerprint density at radius 3 is 2.25 bits per heavy atom. The van der Waals surface area contributed by atoms with Gasteiger partial charge in [0.2, 0.25) is 5.75 Å². The summed E-state index contributed by atoms with van der Waals surface area (Å²) in [5.74, 6) is -0.169. The maximum atomic E-state index is 13.2. The fourth-order valence-corrected chi connectivity index (χ4v) is 3.14. The first kappa shape index (κ1) is 22.6. The van der Waals surface area contributed by atoms with Gasteiger partial charge >= 0.3 is 0 Å². The van der Waals surface area contributed by atoms with Gasteiger partial charge in [0.25, 0.3) is 11.8 Å². The van der Waals surface area contributed by atoms with Gasteiger partial charge in [0.15, 0.2) is 18.1 Å². The molecule has 0 aliphatic heterocycles. The van der Waals surface area contributed by atoms with Gasteiger partial charge in [-0.3, -0.25) is 9.59 Å². The van der Waals surface area contributed by atoms with Crippen LogP contribution in [0.15, 0.2) is 49.1 Å². The van der Waals surface area contributed by atoms with Gasteiger partial charge in [-0.1, -0.05) is 12.1 Å². The molecule has 32 heavy (non-hydrogen) atoms. The van der Waals surface area contributed by atoms with Crippen molar-refractivity contribution in [1.82, 2.24) is 19.7 Å². The number of methoxy groups -OCH3 is 2. The summed E-state index contributed by atoms with van der Waals surface area (Å²) in [4.78, 5) is 29.8. The summed E-state index contributed by atoms with van der Waals surface area (Å²) in [6, 6.07) is 10.6. The second kappa shape index (κ2) is 9.82. The lowest BCUT2D eigenvalue weighted by molar-refractivity contribution is -0.120. The second-order valence-electron chi connectivity index (χ2n) is 6.99. The maximum absolute atomic E-state index is 13.2. The molecule has 10 heteroatoms. The molecule has 0 aliphatic carbocycles. The fourth-order valence-electron chi connectivity index (χ4n) is 3.14. The van der Waals surface area contributed by atoms with E-state index in [1.54, 1.807) is 23.0 Å². The van der Waals surface area contributed by atoms with E-state index in [-0.39, 0.29) is 35.8 Å². The number of nitrogens with zero attached hydrogens (tertiary/aromatic N) is 4. The number of benzene rings is 2. The highest BCUT2D eigenvalue weighted by Gasteiger charge is 2.23. The Morgan fingerprint density at radius 2 is 1.75 bits per heavy atom. The molecule has 1 heterocycles. The molecule has 3 rings (SSSR count). The third kappa shape index (κ3) is 4.80. The molecule has 168 valence electrons. The Balaban J connectivity index is 1.83. The van der Waals surface area contributed by atoms with Crippen LogP contribution < -0.4 is 19.9 Å². The predicted octanol–water partition coefficient (Wildman–Crippen LogP) is 1.98. The van der Waals surface area contributed by atoms with Crippen LogP contribution in [0.2, 0.25) is 0 Å². The lowest BCUT2D eigenvalue weighted by atomic mass is 10.1. The van der Waals surface area contributed by atoms with Crippen molar-refractivity contribution in [3.8, 4) is 22.9 Å². The van der Waals surface area contributed by atoms with Crippen LogP contribution in [0.3, 0.4) is 0 Å². The minimum atomic E-state index is -0.641. The Labute approximate surface area is 185 Å². The number of hydrogen-bond donors (Lipinski definition) is 1. The number of ether oxygens (including phenoxy) is 3. The molecule has 10 nitrogen and oxygen atoms in total. The van der Waals surface area contributed by atoms with Crippen molar-refractivity contribution < 1.29 is 23.8 Å². The number of nitrogens with two attached hydrogens (primary N) is 1. The largest absolute Gasteiger partial charge is 0.493 e. The van der Waals surface area contributed by atoms with Crippen LogP contribution in [0.1, 0.15) is 28.9 Å². The second-order valence-corrected chi connectivity index (χ2v) is 6.99. The van der Waals surface area contributed by atoms with Crippen LogP contribution in [-0.2, 0) is 4.79 Å². The number of amides is 2. The number of aromatic nitrogens is 3. The molecule has 0 bridgehead atoms. The first-order valence-corrected chi connectivity index (χ1v) is 9.75. The fraction of sp³-hybridized carbons (Fsp3) is 0.273. The zero-order valence-electron chi connectivity index (χ0n) is 18.3. The lowest BCUT2D eigenvalue weighted by Crippen LogP contribution is -2.29. The Bertz CT molecular complexity index is 1060. The van der Waals surface area contributed by atoms with Crippen molar-refractivity contribution in [1.29, 1.82) is 0 Å². The van der Waals surface area contributed by atoms with Gasteiger partial charge < -0.3 is 24.8 Å². The normalized spacial score (nSPS) is 11.5. The molecule has 2 aromatic carbocycles. The van der Waals surface area contributed by atoms with Crippen LogP contribution in [0.5, 0.6) is 17.2 Å². The van der Waals surface area contributed by atoms with Gasteiger partial charge in [-0.15, -0.1) is 0 Å². The minimum absolute atomic E-state index is 0.199. The number of carbonyl (C=O) groups excluding carboxylic acids is 2. The maximum Gasteiger partial charge on any atom is 0.255 e. The highest BCUT2D eigenvalue weighted by Crippen LogP contribution is 2.39. The molecule has 0 radical (unpaired) electrons. The SMILES string of the molecule is COc1cc(C(=O)N(C)[C@@H](C)c2ccc(-n3cncn3)cc2)cc(OC)c1OCC(N)=O. The van der Waals surface area contributed by atoms with E-state index >= 15 is 0 Å². The van der Waals surface area contributed by atoms with E-state index in [9.17, 15) is 9.59 Å². The van der Waals surface area contributed by atoms with Gasteiger partial charge in [0.05, 0.1) is 25.9 Å². The van der Waals surface area contributed by atoms with E-state index in [4.69, 9.17) is 19.9 Å². The number of carbonyl (C=O) groups is 2. The van der Waals surface area contributed by atoms with Crippen molar-refractivity contribution in [2.45, 2.75) is 13.0 Å². The summed E-state index contributed by atoms with van der Waals surface area (Å²) in [6.07, 6.45) is 3.08. The van der Waals surface area contributed by atoms with Crippen LogP contribution in [0, 0.1) is 0 Å². The summed E-state index contributed by atoms with van der Waals surface area (Å²) in [7, 11) is 4.58. The molecule has 0 saturated heterocycles. The highest BCUT2D eigenvalue weighted by atomic mass is 16.5. The number of hydrogen-bond acceptors (Lipinski definition) is 7. The van der Waals surface area contributed by atoms with E-state index in [0.29, 0.717) is 5.56 Å². The first-order chi connectivity index (χ1) is 15.3. The van der Waals surface area contributed by atoms with Crippen molar-refractivity contribution in [2.24, 2.45) is 5.73 Å². The molecule has 2 amide bonds. The van der Waals surface area contributed by atoms with Gasteiger partial charge in [-0.05, 0) is 36.8 Å². The number of rotatable bonds is 9. The molecular weight excluding hydrogens is 414 g/mol. The third-order valence-corrected chi connectivity index (χ3v) is 5.03. The topological polar surface area (TPSA) is 122 Å². The molecular formula is C22H25N5O5. The van der Waals surface area contributed by atoms with Crippen LogP contribution in [0.25, 0.3) is 5.69 Å². The molecule has 0 aliphatic rings. The molecule has 0 saturated carbocycles. The zero-order chi connectivity index (χ0) is 23.3. The predicted molar refractivity (Wildman–Crippen MR) is 116 cm³/mol. The summed E-state index contributed by atoms with van der Waals surface area (Å²) in [6.45, 7) is 1.59. The summed E-state index contributed by atoms with van der Waals surface area (Å²) in [5, 5.41) is 4.11. The molecule has 1 atom stereocenters. The summed E-state index contributed by atoms with van der Waals surface area (Å²) in [5.41, 5.74) is 7.32. The average molecular weight is 439 g/mol. The van der Waals surface area contributed by atoms with Gasteiger partial charge in [-0.2, -0.15) is 5.10 Å². The van der Waals surface area contributed by atoms with Crippen molar-refractivity contribution in [2.75, 3.05) is 27.9 Å². The summed E-state index contributed by atoms with van der Waals surface area (Å²) >= 11 is 0. The Hall–Kier alpha value is -4.08. The summed E-state index contributed by atoms with van der Waals surface area (Å²) < 4.78 is 17.7. The molecule has 3 aromatic rings. The Kier molecular flexibility index (Phi) is 6.93. The van der Waals surface area contributed by atoms with E-state index in [0.717, 1.165) is 11.3 Å². The van der Waals surface area contributed by atoms with Crippen LogP contribution in [-0.4, -0.2) is 59.4 Å². The average Bonchev–Trinajstić information content (AvgIpc) is 3.35. The molecule has 1 aromatic heterocycles. The quantitative estimate of drug-likeness (QED) is 0.541. The molecule has 0 unspecified atom stereocenters. The minimum Gasteiger partial charge on any atom is -0.493 e. The first-order valence-electron chi connectivity index (χ1n) is 9.75. The number of primary amides is 1.